The zero-order valence-corrected chi connectivity index (χ0v) is 32.0. The van der Waals surface area contributed by atoms with Crippen LogP contribution < -0.4 is 0 Å². The summed E-state index contributed by atoms with van der Waals surface area (Å²) in [7, 11) is 0. The molecule has 3 heteroatoms. The number of benzene rings is 10. The summed E-state index contributed by atoms with van der Waals surface area (Å²) in [5.74, 6) is 0. The van der Waals surface area contributed by atoms with E-state index in [4.69, 9.17) is 9.97 Å². The Balaban J connectivity index is 0.939. The van der Waals surface area contributed by atoms with Gasteiger partial charge in [-0.1, -0.05) is 164 Å². The first-order valence-corrected chi connectivity index (χ1v) is 20.2. The third-order valence-electron chi connectivity index (χ3n) is 12.0. The molecule has 0 bridgehead atoms. The van der Waals surface area contributed by atoms with E-state index in [1.165, 1.54) is 76.9 Å². The summed E-state index contributed by atoms with van der Waals surface area (Å²) in [5, 5.41) is 9.58. The van der Waals surface area contributed by atoms with Gasteiger partial charge in [-0.25, -0.2) is 4.98 Å². The molecule has 0 N–H and O–H groups in total. The molecule has 274 valence electrons. The molecule has 2 aromatic heterocycles. The molecule has 3 nitrogen and oxygen atoms in total. The lowest BCUT2D eigenvalue weighted by Gasteiger charge is -2.14. The molecule has 0 saturated carbocycles. The van der Waals surface area contributed by atoms with Gasteiger partial charge in [-0.05, 0) is 97.4 Å². The summed E-state index contributed by atoms with van der Waals surface area (Å²) in [4.78, 5) is 10.3. The van der Waals surface area contributed by atoms with Gasteiger partial charge in [0.05, 0.1) is 34.0 Å². The number of rotatable bonds is 5. The van der Waals surface area contributed by atoms with Gasteiger partial charge in [0, 0.05) is 32.8 Å². The summed E-state index contributed by atoms with van der Waals surface area (Å²) in [5.41, 5.74) is 14.5. The molecule has 0 atom stereocenters. The quantitative estimate of drug-likeness (QED) is 0.164. The highest BCUT2D eigenvalue weighted by Crippen LogP contribution is 2.40. The van der Waals surface area contributed by atoms with Crippen molar-refractivity contribution in [3.63, 3.8) is 0 Å². The van der Waals surface area contributed by atoms with E-state index in [0.29, 0.717) is 0 Å². The lowest BCUT2D eigenvalue weighted by atomic mass is 9.90. The molecule has 0 aliphatic carbocycles. The van der Waals surface area contributed by atoms with Crippen molar-refractivity contribution in [3.05, 3.63) is 212 Å². The molecular formula is C56H35N3. The highest BCUT2D eigenvalue weighted by Gasteiger charge is 2.16. The minimum absolute atomic E-state index is 0.861. The average Bonchev–Trinajstić information content (AvgIpc) is 3.65. The lowest BCUT2D eigenvalue weighted by molar-refractivity contribution is 1.18. The molecule has 12 rings (SSSR count). The van der Waals surface area contributed by atoms with Gasteiger partial charge in [-0.3, -0.25) is 4.98 Å². The van der Waals surface area contributed by atoms with Crippen molar-refractivity contribution >= 4 is 65.2 Å². The normalized spacial score (nSPS) is 11.7. The molecule has 59 heavy (non-hydrogen) atoms. The van der Waals surface area contributed by atoms with E-state index in [1.807, 2.05) is 6.20 Å². The third kappa shape index (κ3) is 5.36. The minimum Gasteiger partial charge on any atom is -0.309 e. The first-order chi connectivity index (χ1) is 29.3. The highest BCUT2D eigenvalue weighted by atomic mass is 15.0. The van der Waals surface area contributed by atoms with Gasteiger partial charge in [0.1, 0.15) is 0 Å². The fraction of sp³-hybridized carbons (Fsp3) is 0. The Bertz CT molecular complexity index is 3580. The fourth-order valence-electron chi connectivity index (χ4n) is 9.28. The predicted molar refractivity (Wildman–Crippen MR) is 248 cm³/mol. The molecule has 0 aliphatic heterocycles. The van der Waals surface area contributed by atoms with Crippen molar-refractivity contribution in [2.24, 2.45) is 0 Å². The molecule has 0 saturated heterocycles. The summed E-state index contributed by atoms with van der Waals surface area (Å²) in [6, 6.07) is 74.3. The molecule has 2 heterocycles. The summed E-state index contributed by atoms with van der Waals surface area (Å²) in [6.45, 7) is 0. The van der Waals surface area contributed by atoms with Gasteiger partial charge in [-0.15, -0.1) is 0 Å². The second kappa shape index (κ2) is 13.4. The highest BCUT2D eigenvalue weighted by molar-refractivity contribution is 6.23. The van der Waals surface area contributed by atoms with Gasteiger partial charge in [0.15, 0.2) is 0 Å². The van der Waals surface area contributed by atoms with Crippen molar-refractivity contribution in [1.82, 2.24) is 14.5 Å². The molecular weight excluding hydrogens is 715 g/mol. The van der Waals surface area contributed by atoms with Crippen molar-refractivity contribution in [3.8, 4) is 50.3 Å². The Morgan fingerprint density at radius 2 is 0.814 bits per heavy atom. The van der Waals surface area contributed by atoms with Crippen LogP contribution in [-0.4, -0.2) is 14.5 Å². The number of aromatic nitrogens is 3. The van der Waals surface area contributed by atoms with E-state index in [2.05, 4.69) is 211 Å². The van der Waals surface area contributed by atoms with Crippen LogP contribution in [0.15, 0.2) is 212 Å². The van der Waals surface area contributed by atoms with Crippen LogP contribution in [0.25, 0.3) is 115 Å². The van der Waals surface area contributed by atoms with Crippen molar-refractivity contribution in [2.75, 3.05) is 0 Å². The van der Waals surface area contributed by atoms with Crippen molar-refractivity contribution < 1.29 is 0 Å². The Kier molecular flexibility index (Phi) is 7.54. The molecule has 0 spiro atoms. The van der Waals surface area contributed by atoms with Gasteiger partial charge < -0.3 is 4.57 Å². The third-order valence-corrected chi connectivity index (χ3v) is 12.0. The first-order valence-electron chi connectivity index (χ1n) is 20.2. The van der Waals surface area contributed by atoms with Gasteiger partial charge >= 0.3 is 0 Å². The molecule has 0 aliphatic rings. The van der Waals surface area contributed by atoms with Crippen LogP contribution >= 0.6 is 0 Å². The van der Waals surface area contributed by atoms with Crippen LogP contribution in [0.2, 0.25) is 0 Å². The maximum absolute atomic E-state index is 5.29. The molecule has 0 unspecified atom stereocenters. The Morgan fingerprint density at radius 1 is 0.305 bits per heavy atom. The van der Waals surface area contributed by atoms with E-state index in [1.54, 1.807) is 0 Å². The number of hydrogen-bond acceptors (Lipinski definition) is 2. The van der Waals surface area contributed by atoms with Gasteiger partial charge in [0.2, 0.25) is 0 Å². The summed E-state index contributed by atoms with van der Waals surface area (Å²) in [6.07, 6.45) is 1.93. The van der Waals surface area contributed by atoms with Crippen LogP contribution in [-0.2, 0) is 0 Å². The molecule has 10 aromatic carbocycles. The van der Waals surface area contributed by atoms with Crippen LogP contribution in [0.3, 0.4) is 0 Å². The number of para-hydroxylation sites is 2. The van der Waals surface area contributed by atoms with E-state index in [0.717, 1.165) is 38.6 Å². The Hall–Kier alpha value is -7.88. The van der Waals surface area contributed by atoms with Gasteiger partial charge in [0.25, 0.3) is 0 Å². The van der Waals surface area contributed by atoms with E-state index in [-0.39, 0.29) is 0 Å². The monoisotopic (exact) mass is 749 g/mol. The fourth-order valence-corrected chi connectivity index (χ4v) is 9.28. The summed E-state index contributed by atoms with van der Waals surface area (Å²) >= 11 is 0. The maximum Gasteiger partial charge on any atom is 0.0979 e. The van der Waals surface area contributed by atoms with Crippen LogP contribution in [0.4, 0.5) is 0 Å². The SMILES string of the molecule is c1ccc(-n2c3ccccc3c3cc(-c4cccc(-c5ccc(-c6cccc(-c7cnc8c9ccccc9c9ccccc9c8n7)c6)c6ccccc56)c4)ccc32)cc1. The van der Waals surface area contributed by atoms with Crippen molar-refractivity contribution in [1.29, 1.82) is 0 Å². The predicted octanol–water partition coefficient (Wildman–Crippen LogP) is 14.9. The molecule has 0 fully saturated rings. The number of fused-ring (bicyclic) bond motifs is 10. The number of hydrogen-bond donors (Lipinski definition) is 0. The first kappa shape index (κ1) is 33.3. The zero-order valence-electron chi connectivity index (χ0n) is 32.0. The number of nitrogens with zero attached hydrogens (tertiary/aromatic N) is 3. The van der Waals surface area contributed by atoms with E-state index in [9.17, 15) is 0 Å². The second-order valence-corrected chi connectivity index (χ2v) is 15.3. The van der Waals surface area contributed by atoms with Crippen molar-refractivity contribution in [2.45, 2.75) is 0 Å². The lowest BCUT2D eigenvalue weighted by Crippen LogP contribution is -1.93. The molecule has 0 radical (unpaired) electrons. The minimum atomic E-state index is 0.861. The van der Waals surface area contributed by atoms with E-state index < -0.39 is 0 Å². The van der Waals surface area contributed by atoms with Crippen LogP contribution in [0.5, 0.6) is 0 Å². The standard InChI is InChI=1S/C56H35N3/c1-2-18-41(19-3-1)59-53-27-11-10-24-48(53)51-34-37(28-31-54(51)59)36-14-12-15-38(32-36)42-29-30-43(45-21-5-4-20-44(42)45)39-16-13-17-40(33-39)52-35-57-55-49-25-8-6-22-46(49)47-23-7-9-26-50(47)56(55)58-52/h1-35H. The largest absolute Gasteiger partial charge is 0.309 e. The Labute approximate surface area is 341 Å². The second-order valence-electron chi connectivity index (χ2n) is 15.3. The van der Waals surface area contributed by atoms with Crippen LogP contribution in [0, 0.1) is 0 Å². The maximum atomic E-state index is 5.29. The van der Waals surface area contributed by atoms with Crippen LogP contribution in [0.1, 0.15) is 0 Å². The smallest absolute Gasteiger partial charge is 0.0979 e. The average molecular weight is 750 g/mol. The molecule has 0 amide bonds. The molecule has 12 aromatic rings. The van der Waals surface area contributed by atoms with E-state index >= 15 is 0 Å². The Morgan fingerprint density at radius 3 is 1.51 bits per heavy atom. The van der Waals surface area contributed by atoms with Gasteiger partial charge in [-0.2, -0.15) is 0 Å². The zero-order chi connectivity index (χ0) is 38.9. The topological polar surface area (TPSA) is 30.7 Å². The summed E-state index contributed by atoms with van der Waals surface area (Å²) < 4.78 is 2.37.